The molecule has 0 aliphatic heterocycles. The molecule has 0 saturated carbocycles. The lowest BCUT2D eigenvalue weighted by atomic mass is 9.87. The summed E-state index contributed by atoms with van der Waals surface area (Å²) in [5.74, 6) is -1.20. The van der Waals surface area contributed by atoms with E-state index in [1.165, 1.54) is 0 Å². The highest BCUT2D eigenvalue weighted by Gasteiger charge is 2.14. The molecule has 4 heteroatoms. The molecule has 0 heterocycles. The van der Waals surface area contributed by atoms with Crippen LogP contribution in [0.4, 0.5) is 0 Å². The van der Waals surface area contributed by atoms with E-state index in [4.69, 9.17) is 10.5 Å². The molecular weight excluding hydrogens is 218 g/mol. The molecule has 1 rings (SSSR count). The van der Waals surface area contributed by atoms with Crippen LogP contribution in [-0.4, -0.2) is 18.5 Å². The quantitative estimate of drug-likeness (QED) is 0.809. The Kier molecular flexibility index (Phi) is 3.89. The van der Waals surface area contributed by atoms with Crippen LogP contribution in [0.5, 0.6) is 0 Å². The van der Waals surface area contributed by atoms with Gasteiger partial charge in [0.15, 0.2) is 6.61 Å². The van der Waals surface area contributed by atoms with Gasteiger partial charge in [0.05, 0.1) is 5.56 Å². The fraction of sp³-hybridized carbons (Fsp3) is 0.385. The lowest BCUT2D eigenvalue weighted by molar-refractivity contribution is -0.121. The highest BCUT2D eigenvalue weighted by Crippen LogP contribution is 2.22. The number of esters is 1. The van der Waals surface area contributed by atoms with E-state index in [-0.39, 0.29) is 12.0 Å². The molecule has 0 atom stereocenters. The van der Waals surface area contributed by atoms with Gasteiger partial charge in [-0.1, -0.05) is 32.9 Å². The largest absolute Gasteiger partial charge is 0.452 e. The van der Waals surface area contributed by atoms with Crippen molar-refractivity contribution < 1.29 is 14.3 Å². The Morgan fingerprint density at radius 3 is 2.12 bits per heavy atom. The van der Waals surface area contributed by atoms with Crippen LogP contribution >= 0.6 is 0 Å². The number of nitrogens with two attached hydrogens (primary N) is 1. The van der Waals surface area contributed by atoms with Gasteiger partial charge < -0.3 is 10.5 Å². The summed E-state index contributed by atoms with van der Waals surface area (Å²) >= 11 is 0. The normalized spacial score (nSPS) is 11.0. The minimum absolute atomic E-state index is 0.0374. The van der Waals surface area contributed by atoms with E-state index in [0.717, 1.165) is 5.56 Å². The third-order valence-corrected chi connectivity index (χ3v) is 2.33. The molecule has 2 N–H and O–H groups in total. The van der Waals surface area contributed by atoms with Crippen LogP contribution in [0.3, 0.4) is 0 Å². The van der Waals surface area contributed by atoms with Gasteiger partial charge in [0.2, 0.25) is 0 Å². The minimum Gasteiger partial charge on any atom is -0.452 e. The first-order valence-corrected chi connectivity index (χ1v) is 5.36. The van der Waals surface area contributed by atoms with Gasteiger partial charge in [0, 0.05) is 0 Å². The number of carbonyl (C=O) groups excluding carboxylic acids is 2. The van der Waals surface area contributed by atoms with Gasteiger partial charge in [-0.25, -0.2) is 4.79 Å². The van der Waals surface area contributed by atoms with Crippen molar-refractivity contribution in [2.24, 2.45) is 5.73 Å². The Bertz CT molecular complexity index is 415. The Balaban J connectivity index is 2.74. The molecule has 1 aromatic rings. The molecule has 92 valence electrons. The fourth-order valence-electron chi connectivity index (χ4n) is 1.33. The van der Waals surface area contributed by atoms with E-state index in [0.29, 0.717) is 5.56 Å². The van der Waals surface area contributed by atoms with Crippen LogP contribution in [0.15, 0.2) is 24.3 Å². The predicted octanol–water partition coefficient (Wildman–Crippen LogP) is 1.63. The first-order chi connectivity index (χ1) is 7.80. The second-order valence-corrected chi connectivity index (χ2v) is 4.87. The van der Waals surface area contributed by atoms with E-state index < -0.39 is 11.9 Å². The van der Waals surface area contributed by atoms with Crippen LogP contribution in [0.2, 0.25) is 0 Å². The average Bonchev–Trinajstić information content (AvgIpc) is 2.25. The lowest BCUT2D eigenvalue weighted by Gasteiger charge is -2.18. The zero-order valence-corrected chi connectivity index (χ0v) is 10.3. The van der Waals surface area contributed by atoms with Gasteiger partial charge in [-0.2, -0.15) is 0 Å². The van der Waals surface area contributed by atoms with Crippen molar-refractivity contribution in [1.29, 1.82) is 0 Å². The van der Waals surface area contributed by atoms with Crippen molar-refractivity contribution in [3.05, 3.63) is 35.4 Å². The Labute approximate surface area is 101 Å². The van der Waals surface area contributed by atoms with Gasteiger partial charge in [-0.3, -0.25) is 4.79 Å². The Hall–Kier alpha value is -1.84. The van der Waals surface area contributed by atoms with Crippen LogP contribution in [0.1, 0.15) is 36.7 Å². The first kappa shape index (κ1) is 13.2. The monoisotopic (exact) mass is 235 g/mol. The molecule has 0 radical (unpaired) electrons. The zero-order chi connectivity index (χ0) is 13.1. The lowest BCUT2D eigenvalue weighted by Crippen LogP contribution is -2.21. The summed E-state index contributed by atoms with van der Waals surface area (Å²) in [5, 5.41) is 0. The summed E-state index contributed by atoms with van der Waals surface area (Å²) in [6, 6.07) is 7.12. The highest BCUT2D eigenvalue weighted by molar-refractivity contribution is 5.91. The van der Waals surface area contributed by atoms with Gasteiger partial charge in [0.25, 0.3) is 5.91 Å². The topological polar surface area (TPSA) is 69.4 Å². The molecule has 0 spiro atoms. The number of hydrogen-bond donors (Lipinski definition) is 1. The van der Waals surface area contributed by atoms with Crippen molar-refractivity contribution in [3.8, 4) is 0 Å². The summed E-state index contributed by atoms with van der Waals surface area (Å²) in [6.45, 7) is 5.88. The zero-order valence-electron chi connectivity index (χ0n) is 10.3. The Morgan fingerprint density at radius 2 is 1.71 bits per heavy atom. The highest BCUT2D eigenvalue weighted by atomic mass is 16.5. The first-order valence-electron chi connectivity index (χ1n) is 5.36. The van der Waals surface area contributed by atoms with Crippen molar-refractivity contribution in [1.82, 2.24) is 0 Å². The maximum Gasteiger partial charge on any atom is 0.338 e. The van der Waals surface area contributed by atoms with Crippen LogP contribution in [-0.2, 0) is 14.9 Å². The maximum atomic E-state index is 11.5. The number of ether oxygens (including phenoxy) is 1. The van der Waals surface area contributed by atoms with Crippen LogP contribution in [0.25, 0.3) is 0 Å². The van der Waals surface area contributed by atoms with Crippen LogP contribution in [0, 0.1) is 0 Å². The summed E-state index contributed by atoms with van der Waals surface area (Å²) < 4.78 is 4.70. The standard InChI is InChI=1S/C13H17NO3/c1-13(2,3)10-6-4-9(5-7-10)12(16)17-8-11(14)15/h4-7H,8H2,1-3H3,(H2,14,15). The van der Waals surface area contributed by atoms with E-state index in [1.54, 1.807) is 12.1 Å². The van der Waals surface area contributed by atoms with Gasteiger partial charge in [-0.05, 0) is 23.1 Å². The molecule has 0 saturated heterocycles. The summed E-state index contributed by atoms with van der Waals surface area (Å²) in [7, 11) is 0. The summed E-state index contributed by atoms with van der Waals surface area (Å²) in [6.07, 6.45) is 0. The second-order valence-electron chi connectivity index (χ2n) is 4.87. The van der Waals surface area contributed by atoms with E-state index >= 15 is 0 Å². The summed E-state index contributed by atoms with van der Waals surface area (Å²) in [5.41, 5.74) is 6.47. The van der Waals surface area contributed by atoms with E-state index in [1.807, 2.05) is 12.1 Å². The molecule has 0 aromatic heterocycles. The number of primary amides is 1. The molecule has 0 bridgehead atoms. The third kappa shape index (κ3) is 3.90. The smallest absolute Gasteiger partial charge is 0.338 e. The fourth-order valence-corrected chi connectivity index (χ4v) is 1.33. The Morgan fingerprint density at radius 1 is 1.18 bits per heavy atom. The SMILES string of the molecule is CC(C)(C)c1ccc(C(=O)OCC(N)=O)cc1. The molecule has 1 amide bonds. The second kappa shape index (κ2) is 4.99. The van der Waals surface area contributed by atoms with Crippen LogP contribution < -0.4 is 5.73 Å². The van der Waals surface area contributed by atoms with Crippen molar-refractivity contribution in [3.63, 3.8) is 0 Å². The predicted molar refractivity (Wildman–Crippen MR) is 64.6 cm³/mol. The number of rotatable bonds is 3. The maximum absolute atomic E-state index is 11.5. The minimum atomic E-state index is -0.662. The van der Waals surface area contributed by atoms with Gasteiger partial charge >= 0.3 is 5.97 Å². The molecule has 0 aliphatic carbocycles. The molecule has 0 aliphatic rings. The van der Waals surface area contributed by atoms with Crippen molar-refractivity contribution in [2.45, 2.75) is 26.2 Å². The molecule has 0 fully saturated rings. The van der Waals surface area contributed by atoms with Gasteiger partial charge in [-0.15, -0.1) is 0 Å². The number of amides is 1. The van der Waals surface area contributed by atoms with E-state index in [9.17, 15) is 9.59 Å². The number of hydrogen-bond acceptors (Lipinski definition) is 3. The van der Waals surface area contributed by atoms with Gasteiger partial charge in [0.1, 0.15) is 0 Å². The molecule has 0 unspecified atom stereocenters. The number of carbonyl (C=O) groups is 2. The number of benzene rings is 1. The summed E-state index contributed by atoms with van der Waals surface area (Å²) in [4.78, 5) is 21.9. The van der Waals surface area contributed by atoms with Crippen molar-refractivity contribution >= 4 is 11.9 Å². The average molecular weight is 235 g/mol. The molecule has 17 heavy (non-hydrogen) atoms. The third-order valence-electron chi connectivity index (χ3n) is 2.33. The molecule has 1 aromatic carbocycles. The molecular formula is C13H17NO3. The van der Waals surface area contributed by atoms with Crippen molar-refractivity contribution in [2.75, 3.05) is 6.61 Å². The van der Waals surface area contributed by atoms with E-state index in [2.05, 4.69) is 20.8 Å². The molecule has 4 nitrogen and oxygen atoms in total.